The average Bonchev–Trinajstić information content (AvgIpc) is 2.96. The number of aryl methyl sites for hydroxylation is 1. The third-order valence-electron chi connectivity index (χ3n) is 3.16. The number of hydrogen-bond donors (Lipinski definition) is 1. The molecule has 1 saturated heterocycles. The Morgan fingerprint density at radius 2 is 2.12 bits per heavy atom. The molecule has 90 valence electrons. The second-order valence-electron chi connectivity index (χ2n) is 4.48. The van der Waals surface area contributed by atoms with Crippen LogP contribution in [0.25, 0.3) is 0 Å². The molecule has 2 rings (SSSR count). The minimum atomic E-state index is 1.05. The summed E-state index contributed by atoms with van der Waals surface area (Å²) in [7, 11) is 0. The van der Waals surface area contributed by atoms with Gasteiger partial charge in [-0.3, -0.25) is 0 Å². The van der Waals surface area contributed by atoms with E-state index in [0.717, 1.165) is 31.7 Å². The second kappa shape index (κ2) is 6.71. The standard InChI is InChI=1S/C13H22N2O/c1-2-10-15(9-1)11-8-14-7-3-5-13-6-4-12-16-13/h4,6,12,14H,1-3,5,7-11H2. The first-order valence-corrected chi connectivity index (χ1v) is 6.40. The molecule has 0 radical (unpaired) electrons. The van der Waals surface area contributed by atoms with Gasteiger partial charge in [-0.25, -0.2) is 0 Å². The average molecular weight is 222 g/mol. The highest BCUT2D eigenvalue weighted by Crippen LogP contribution is 2.05. The van der Waals surface area contributed by atoms with Gasteiger partial charge in [-0.15, -0.1) is 0 Å². The van der Waals surface area contributed by atoms with Crippen molar-refractivity contribution < 1.29 is 4.42 Å². The predicted molar refractivity (Wildman–Crippen MR) is 65.6 cm³/mol. The Balaban J connectivity index is 1.43. The fraction of sp³-hybridized carbons (Fsp3) is 0.692. The summed E-state index contributed by atoms with van der Waals surface area (Å²) in [6, 6.07) is 4.00. The Hall–Kier alpha value is -0.800. The molecule has 2 heterocycles. The van der Waals surface area contributed by atoms with E-state index in [0.29, 0.717) is 0 Å². The number of furan rings is 1. The molecule has 0 aliphatic carbocycles. The molecule has 1 fully saturated rings. The molecule has 0 spiro atoms. The Morgan fingerprint density at radius 3 is 2.88 bits per heavy atom. The van der Waals surface area contributed by atoms with Crippen molar-refractivity contribution in [3.05, 3.63) is 24.2 Å². The lowest BCUT2D eigenvalue weighted by Gasteiger charge is -2.14. The van der Waals surface area contributed by atoms with Crippen molar-refractivity contribution in [1.82, 2.24) is 10.2 Å². The van der Waals surface area contributed by atoms with E-state index in [1.54, 1.807) is 6.26 Å². The van der Waals surface area contributed by atoms with E-state index in [2.05, 4.69) is 10.2 Å². The van der Waals surface area contributed by atoms with E-state index in [9.17, 15) is 0 Å². The molecule has 3 heteroatoms. The molecule has 0 saturated carbocycles. The van der Waals surface area contributed by atoms with Crippen LogP contribution in [0.5, 0.6) is 0 Å². The van der Waals surface area contributed by atoms with Crippen LogP contribution in [-0.2, 0) is 6.42 Å². The molecule has 0 bridgehead atoms. The summed E-state index contributed by atoms with van der Waals surface area (Å²) in [6.07, 6.45) is 6.73. The maximum Gasteiger partial charge on any atom is 0.103 e. The van der Waals surface area contributed by atoms with Crippen molar-refractivity contribution in [3.8, 4) is 0 Å². The van der Waals surface area contributed by atoms with Crippen LogP contribution in [0.3, 0.4) is 0 Å². The minimum absolute atomic E-state index is 1.05. The van der Waals surface area contributed by atoms with Gasteiger partial charge in [0.15, 0.2) is 0 Å². The number of hydrogen-bond acceptors (Lipinski definition) is 3. The summed E-state index contributed by atoms with van der Waals surface area (Å²) in [5.41, 5.74) is 0. The van der Waals surface area contributed by atoms with Gasteiger partial charge < -0.3 is 14.6 Å². The Bertz CT molecular complexity index is 265. The van der Waals surface area contributed by atoms with Gasteiger partial charge in [-0.05, 0) is 51.0 Å². The quantitative estimate of drug-likeness (QED) is 0.714. The first kappa shape index (κ1) is 11.7. The molecule has 1 aromatic heterocycles. The highest BCUT2D eigenvalue weighted by molar-refractivity contribution is 4.97. The van der Waals surface area contributed by atoms with Crippen molar-refractivity contribution in [3.63, 3.8) is 0 Å². The zero-order valence-corrected chi connectivity index (χ0v) is 9.95. The first-order chi connectivity index (χ1) is 7.95. The zero-order valence-electron chi connectivity index (χ0n) is 9.95. The fourth-order valence-corrected chi connectivity index (χ4v) is 2.21. The van der Waals surface area contributed by atoms with Gasteiger partial charge in [0.2, 0.25) is 0 Å². The smallest absolute Gasteiger partial charge is 0.103 e. The molecule has 0 atom stereocenters. The normalized spacial score (nSPS) is 17.0. The Kier molecular flexibility index (Phi) is 4.90. The molecule has 1 aliphatic heterocycles. The maximum atomic E-state index is 5.29. The summed E-state index contributed by atoms with van der Waals surface area (Å²) in [6.45, 7) is 6.02. The zero-order chi connectivity index (χ0) is 11.1. The van der Waals surface area contributed by atoms with E-state index in [1.165, 1.54) is 32.5 Å². The van der Waals surface area contributed by atoms with Crippen LogP contribution in [0.2, 0.25) is 0 Å². The van der Waals surface area contributed by atoms with Crippen LogP contribution in [-0.4, -0.2) is 37.6 Å². The molecule has 1 aromatic rings. The minimum Gasteiger partial charge on any atom is -0.469 e. The SMILES string of the molecule is c1coc(CCCNCCN2CCCC2)c1. The summed E-state index contributed by atoms with van der Waals surface area (Å²) in [5.74, 6) is 1.10. The number of likely N-dealkylation sites (tertiary alicyclic amines) is 1. The van der Waals surface area contributed by atoms with Crippen LogP contribution < -0.4 is 5.32 Å². The number of nitrogens with one attached hydrogen (secondary N) is 1. The van der Waals surface area contributed by atoms with Crippen molar-refractivity contribution in [1.29, 1.82) is 0 Å². The summed E-state index contributed by atoms with van der Waals surface area (Å²) in [4.78, 5) is 2.54. The monoisotopic (exact) mass is 222 g/mol. The van der Waals surface area contributed by atoms with Crippen LogP contribution >= 0.6 is 0 Å². The molecule has 0 unspecified atom stereocenters. The lowest BCUT2D eigenvalue weighted by molar-refractivity contribution is 0.335. The topological polar surface area (TPSA) is 28.4 Å². The van der Waals surface area contributed by atoms with E-state index >= 15 is 0 Å². The molecule has 3 nitrogen and oxygen atoms in total. The maximum absolute atomic E-state index is 5.29. The largest absolute Gasteiger partial charge is 0.469 e. The molecule has 1 aliphatic rings. The van der Waals surface area contributed by atoms with E-state index in [4.69, 9.17) is 4.42 Å². The molecular weight excluding hydrogens is 200 g/mol. The Labute approximate surface area is 97.8 Å². The molecule has 16 heavy (non-hydrogen) atoms. The number of rotatable bonds is 7. The van der Waals surface area contributed by atoms with Gasteiger partial charge in [-0.1, -0.05) is 0 Å². The molecule has 1 N–H and O–H groups in total. The van der Waals surface area contributed by atoms with Gasteiger partial charge in [0.1, 0.15) is 5.76 Å². The van der Waals surface area contributed by atoms with Crippen molar-refractivity contribution >= 4 is 0 Å². The highest BCUT2D eigenvalue weighted by Gasteiger charge is 2.09. The summed E-state index contributed by atoms with van der Waals surface area (Å²) < 4.78 is 5.29. The van der Waals surface area contributed by atoms with Gasteiger partial charge in [0, 0.05) is 19.5 Å². The summed E-state index contributed by atoms with van der Waals surface area (Å²) in [5, 5.41) is 3.49. The van der Waals surface area contributed by atoms with Crippen LogP contribution in [0.4, 0.5) is 0 Å². The van der Waals surface area contributed by atoms with Crippen LogP contribution in [0, 0.1) is 0 Å². The molecule has 0 aromatic carbocycles. The van der Waals surface area contributed by atoms with Crippen molar-refractivity contribution in [2.24, 2.45) is 0 Å². The van der Waals surface area contributed by atoms with Crippen LogP contribution in [0.1, 0.15) is 25.0 Å². The highest BCUT2D eigenvalue weighted by atomic mass is 16.3. The first-order valence-electron chi connectivity index (χ1n) is 6.40. The second-order valence-corrected chi connectivity index (χ2v) is 4.48. The number of nitrogens with zero attached hydrogens (tertiary/aromatic N) is 1. The van der Waals surface area contributed by atoms with E-state index in [1.807, 2.05) is 12.1 Å². The lowest BCUT2D eigenvalue weighted by atomic mass is 10.2. The molecule has 0 amide bonds. The fourth-order valence-electron chi connectivity index (χ4n) is 2.21. The Morgan fingerprint density at radius 1 is 1.25 bits per heavy atom. The van der Waals surface area contributed by atoms with Gasteiger partial charge in [-0.2, -0.15) is 0 Å². The van der Waals surface area contributed by atoms with Gasteiger partial charge >= 0.3 is 0 Å². The van der Waals surface area contributed by atoms with Gasteiger partial charge in [0.05, 0.1) is 6.26 Å². The van der Waals surface area contributed by atoms with Crippen LogP contribution in [0.15, 0.2) is 22.8 Å². The summed E-state index contributed by atoms with van der Waals surface area (Å²) >= 11 is 0. The third kappa shape index (κ3) is 3.99. The lowest BCUT2D eigenvalue weighted by Crippen LogP contribution is -2.30. The molecular formula is C13H22N2O. The van der Waals surface area contributed by atoms with Crippen molar-refractivity contribution in [2.45, 2.75) is 25.7 Å². The van der Waals surface area contributed by atoms with E-state index < -0.39 is 0 Å². The third-order valence-corrected chi connectivity index (χ3v) is 3.16. The van der Waals surface area contributed by atoms with Crippen molar-refractivity contribution in [2.75, 3.05) is 32.7 Å². The van der Waals surface area contributed by atoms with Gasteiger partial charge in [0.25, 0.3) is 0 Å². The van der Waals surface area contributed by atoms with E-state index in [-0.39, 0.29) is 0 Å². The predicted octanol–water partition coefficient (Wildman–Crippen LogP) is 1.90.